The van der Waals surface area contributed by atoms with Crippen molar-refractivity contribution < 1.29 is 14.3 Å². The van der Waals surface area contributed by atoms with Gasteiger partial charge in [-0.3, -0.25) is 4.79 Å². The smallest absolute Gasteiger partial charge is 0.417 e. The van der Waals surface area contributed by atoms with E-state index < -0.39 is 17.6 Å². The molecule has 0 aromatic carbocycles. The van der Waals surface area contributed by atoms with Crippen LogP contribution in [-0.2, 0) is 9.53 Å². The summed E-state index contributed by atoms with van der Waals surface area (Å²) < 4.78 is 5.09. The Morgan fingerprint density at radius 2 is 2.00 bits per heavy atom. The van der Waals surface area contributed by atoms with Gasteiger partial charge < -0.3 is 4.74 Å². The molecule has 2 amide bonds. The number of amides is 2. The number of likely N-dealkylation sites (N-methyl/N-ethyl adjacent to an activating group) is 1. The maximum Gasteiger partial charge on any atom is 0.417 e. The predicted molar refractivity (Wildman–Crippen MR) is 53.8 cm³/mol. The number of hydrogen-bond donors (Lipinski definition) is 0. The topological polar surface area (TPSA) is 46.6 Å². The summed E-state index contributed by atoms with van der Waals surface area (Å²) in [7, 11) is 1.36. The van der Waals surface area contributed by atoms with Crippen molar-refractivity contribution in [3.63, 3.8) is 0 Å². The third kappa shape index (κ3) is 3.60. The van der Waals surface area contributed by atoms with Crippen molar-refractivity contribution >= 4 is 12.0 Å². The molecular weight excluding hydrogens is 182 g/mol. The van der Waals surface area contributed by atoms with Crippen LogP contribution < -0.4 is 0 Å². The Kier molecular flexibility index (Phi) is 4.34. The number of imide groups is 1. The van der Waals surface area contributed by atoms with Gasteiger partial charge in [-0.05, 0) is 26.3 Å². The second kappa shape index (κ2) is 4.79. The Morgan fingerprint density at radius 1 is 1.50 bits per heavy atom. The lowest BCUT2D eigenvalue weighted by molar-refractivity contribution is -0.124. The van der Waals surface area contributed by atoms with Crippen molar-refractivity contribution in [2.24, 2.45) is 0 Å². The summed E-state index contributed by atoms with van der Waals surface area (Å²) in [6, 6.07) is 0. The normalized spacial score (nSPS) is 10.6. The monoisotopic (exact) mass is 199 g/mol. The van der Waals surface area contributed by atoms with Gasteiger partial charge >= 0.3 is 6.09 Å². The summed E-state index contributed by atoms with van der Waals surface area (Å²) in [6.45, 7) is 8.76. The zero-order valence-corrected chi connectivity index (χ0v) is 9.16. The van der Waals surface area contributed by atoms with Gasteiger partial charge in [0.05, 0.1) is 0 Å². The highest BCUT2D eigenvalue weighted by molar-refractivity contribution is 5.97. The van der Waals surface area contributed by atoms with Crippen LogP contribution in [0.3, 0.4) is 0 Å². The molecule has 0 aromatic heterocycles. The molecule has 0 aliphatic heterocycles. The largest absolute Gasteiger partial charge is 0.443 e. The molecule has 0 saturated carbocycles. The first-order valence-corrected chi connectivity index (χ1v) is 4.47. The Morgan fingerprint density at radius 3 is 2.36 bits per heavy atom. The van der Waals surface area contributed by atoms with E-state index in [0.29, 0.717) is 6.42 Å². The van der Waals surface area contributed by atoms with Crippen LogP contribution in [0.5, 0.6) is 0 Å². The lowest BCUT2D eigenvalue weighted by Crippen LogP contribution is -2.38. The molecule has 0 aliphatic rings. The Labute approximate surface area is 84.5 Å². The van der Waals surface area contributed by atoms with Crippen molar-refractivity contribution in [3.05, 3.63) is 12.7 Å². The number of carbonyl (C=O) groups is 2. The third-order valence-electron chi connectivity index (χ3n) is 1.99. The van der Waals surface area contributed by atoms with E-state index in [1.165, 1.54) is 7.05 Å². The van der Waals surface area contributed by atoms with Crippen LogP contribution in [0.2, 0.25) is 0 Å². The van der Waals surface area contributed by atoms with E-state index >= 15 is 0 Å². The summed E-state index contributed by atoms with van der Waals surface area (Å²) in [6.07, 6.45) is 1.11. The van der Waals surface area contributed by atoms with E-state index in [2.05, 4.69) is 6.58 Å². The Bertz CT molecular complexity index is 246. The van der Waals surface area contributed by atoms with Crippen LogP contribution in [0, 0.1) is 0 Å². The van der Waals surface area contributed by atoms with Crippen LogP contribution in [0.15, 0.2) is 12.7 Å². The maximum absolute atomic E-state index is 11.4. The highest BCUT2D eigenvalue weighted by atomic mass is 16.6. The molecule has 80 valence electrons. The molecule has 0 aliphatic carbocycles. The van der Waals surface area contributed by atoms with Crippen LogP contribution >= 0.6 is 0 Å². The predicted octanol–water partition coefficient (Wildman–Crippen LogP) is 1.96. The van der Waals surface area contributed by atoms with Crippen molar-refractivity contribution in [2.45, 2.75) is 32.8 Å². The molecule has 4 nitrogen and oxygen atoms in total. The number of nitrogens with zero attached hydrogens (tertiary/aromatic N) is 1. The molecule has 0 N–H and O–H groups in total. The van der Waals surface area contributed by atoms with Crippen LogP contribution in [0.25, 0.3) is 0 Å². The van der Waals surface area contributed by atoms with E-state index in [-0.39, 0.29) is 0 Å². The fraction of sp³-hybridized carbons (Fsp3) is 0.600. The molecule has 0 fully saturated rings. The quantitative estimate of drug-likeness (QED) is 0.653. The van der Waals surface area contributed by atoms with Crippen molar-refractivity contribution in [2.75, 3.05) is 7.05 Å². The molecule has 14 heavy (non-hydrogen) atoms. The molecule has 0 rings (SSSR count). The van der Waals surface area contributed by atoms with E-state index in [1.807, 2.05) is 6.92 Å². The number of rotatable bonds is 3. The lowest BCUT2D eigenvalue weighted by atomic mass is 10.1. The maximum atomic E-state index is 11.4. The van der Waals surface area contributed by atoms with Crippen molar-refractivity contribution in [1.82, 2.24) is 4.90 Å². The van der Waals surface area contributed by atoms with Crippen LogP contribution in [0.1, 0.15) is 27.2 Å². The van der Waals surface area contributed by atoms with Crippen LogP contribution in [0.4, 0.5) is 4.79 Å². The van der Waals surface area contributed by atoms with Gasteiger partial charge in [-0.2, -0.15) is 0 Å². The highest BCUT2D eigenvalue weighted by Gasteiger charge is 2.24. The van der Waals surface area contributed by atoms with E-state index in [1.54, 1.807) is 13.8 Å². The molecule has 4 heteroatoms. The Hall–Kier alpha value is -1.32. The summed E-state index contributed by atoms with van der Waals surface area (Å²) in [5.41, 5.74) is -0.549. The second-order valence-electron chi connectivity index (χ2n) is 3.58. The second-order valence-corrected chi connectivity index (χ2v) is 3.58. The molecule has 0 radical (unpaired) electrons. The van der Waals surface area contributed by atoms with Crippen LogP contribution in [-0.4, -0.2) is 29.5 Å². The van der Waals surface area contributed by atoms with Gasteiger partial charge in [0.2, 0.25) is 0 Å². The first-order chi connectivity index (χ1) is 6.34. The summed E-state index contributed by atoms with van der Waals surface area (Å²) in [5.74, 6) is -0.470. The van der Waals surface area contributed by atoms with Crippen molar-refractivity contribution in [1.29, 1.82) is 0 Å². The minimum Gasteiger partial charge on any atom is -0.443 e. The lowest BCUT2D eigenvalue weighted by Gasteiger charge is -2.25. The van der Waals surface area contributed by atoms with Gasteiger partial charge in [-0.1, -0.05) is 13.5 Å². The van der Waals surface area contributed by atoms with Gasteiger partial charge in [0, 0.05) is 7.05 Å². The first kappa shape index (κ1) is 12.7. The zero-order chi connectivity index (χ0) is 11.4. The molecule has 0 heterocycles. The van der Waals surface area contributed by atoms with Gasteiger partial charge in [0.1, 0.15) is 5.60 Å². The summed E-state index contributed by atoms with van der Waals surface area (Å²) in [5, 5.41) is 0. The molecule has 0 spiro atoms. The fourth-order valence-electron chi connectivity index (χ4n) is 0.604. The minimum absolute atomic E-state index is 0.470. The zero-order valence-electron chi connectivity index (χ0n) is 9.16. The molecule has 0 saturated heterocycles. The molecule has 0 atom stereocenters. The third-order valence-corrected chi connectivity index (χ3v) is 1.99. The van der Waals surface area contributed by atoms with E-state index in [9.17, 15) is 9.59 Å². The number of hydrogen-bond acceptors (Lipinski definition) is 3. The number of ether oxygens (including phenoxy) is 1. The van der Waals surface area contributed by atoms with E-state index in [0.717, 1.165) is 11.0 Å². The molecule has 0 unspecified atom stereocenters. The standard InChI is InChI=1S/C10H17NO3/c1-6-8(12)11(5)9(13)14-10(3,4)7-2/h6H,1,7H2,2-5H3. The Balaban J connectivity index is 4.35. The van der Waals surface area contributed by atoms with E-state index in [4.69, 9.17) is 4.74 Å². The summed E-state index contributed by atoms with van der Waals surface area (Å²) >= 11 is 0. The number of carbonyl (C=O) groups excluding carboxylic acids is 2. The first-order valence-electron chi connectivity index (χ1n) is 4.47. The minimum atomic E-state index is -0.651. The SMILES string of the molecule is C=CC(=O)N(C)C(=O)OC(C)(C)CC. The van der Waals surface area contributed by atoms with Gasteiger partial charge in [0.15, 0.2) is 0 Å². The molecule has 0 aromatic rings. The van der Waals surface area contributed by atoms with Crippen molar-refractivity contribution in [3.8, 4) is 0 Å². The van der Waals surface area contributed by atoms with Gasteiger partial charge in [0.25, 0.3) is 5.91 Å². The summed E-state index contributed by atoms with van der Waals surface area (Å²) in [4.78, 5) is 23.3. The molecule has 0 bridgehead atoms. The molecular formula is C10H17NO3. The fourth-order valence-corrected chi connectivity index (χ4v) is 0.604. The van der Waals surface area contributed by atoms with Gasteiger partial charge in [-0.25, -0.2) is 9.69 Å². The average molecular weight is 199 g/mol. The highest BCUT2D eigenvalue weighted by Crippen LogP contribution is 2.14. The average Bonchev–Trinajstić information content (AvgIpc) is 2.14. The van der Waals surface area contributed by atoms with Gasteiger partial charge in [-0.15, -0.1) is 0 Å².